The van der Waals surface area contributed by atoms with E-state index in [2.05, 4.69) is 167 Å². The summed E-state index contributed by atoms with van der Waals surface area (Å²) in [5.41, 5.74) is 0. The molecule has 1 atom stereocenters. The van der Waals surface area contributed by atoms with Gasteiger partial charge in [-0.25, -0.2) is 0 Å². The average Bonchev–Trinajstić information content (AvgIpc) is 3.37. The van der Waals surface area contributed by atoms with Crippen LogP contribution in [0.25, 0.3) is 0 Å². The number of esters is 3. The van der Waals surface area contributed by atoms with Crippen LogP contribution in [0.2, 0.25) is 0 Å². The first-order chi connectivity index (χ1) is 35.0. The van der Waals surface area contributed by atoms with Gasteiger partial charge < -0.3 is 14.2 Å². The van der Waals surface area contributed by atoms with E-state index in [1.807, 2.05) is 12.2 Å². The number of carbonyl (C=O) groups is 3. The molecule has 0 spiro atoms. The van der Waals surface area contributed by atoms with E-state index in [1.165, 1.54) is 51.4 Å². The maximum absolute atomic E-state index is 12.8. The number of hydrogen-bond donors (Lipinski definition) is 0. The van der Waals surface area contributed by atoms with Crippen molar-refractivity contribution in [3.05, 3.63) is 158 Å². The molecule has 6 heteroatoms. The van der Waals surface area contributed by atoms with Crippen molar-refractivity contribution in [2.45, 2.75) is 219 Å². The highest BCUT2D eigenvalue weighted by atomic mass is 16.6. The van der Waals surface area contributed by atoms with Crippen LogP contribution in [-0.2, 0) is 28.6 Å². The van der Waals surface area contributed by atoms with E-state index in [0.29, 0.717) is 19.3 Å². The Balaban J connectivity index is 4.64. The standard InChI is InChI=1S/C65H100O6/c1-4-7-10-13-16-19-22-25-28-31-32-35-37-40-43-46-49-52-55-58-64(67)70-61-62(71-65(68)59-56-53-50-47-44-41-38-34-30-27-24-21-18-15-12-9-6-3)60-69-63(66)57-54-51-48-45-42-39-36-33-29-26-23-20-17-14-11-8-5-2/h7,9-10,12,16-21,25-30,32,35,38,40-41,43,47,49-50,52,62H,4-6,8,11,13-15,22-24,31,33-34,36-37,39,42,44-46,48,51,53-61H2,1-3H3/b10-7+,12-9+,19-16+,20-17+,21-18+,28-25+,29-26+,30-27+,35-32+,41-38+,43-40+,50-47+,52-49+/t62-/m1/s1. The molecule has 0 amide bonds. The zero-order chi connectivity index (χ0) is 51.4. The summed E-state index contributed by atoms with van der Waals surface area (Å²) >= 11 is 0. The van der Waals surface area contributed by atoms with Crippen LogP contribution in [-0.4, -0.2) is 37.2 Å². The van der Waals surface area contributed by atoms with Crippen LogP contribution >= 0.6 is 0 Å². The summed E-state index contributed by atoms with van der Waals surface area (Å²) in [5.74, 6) is -1.10. The molecular formula is C65H100O6. The zero-order valence-corrected chi connectivity index (χ0v) is 45.2. The fourth-order valence-electron chi connectivity index (χ4n) is 6.89. The van der Waals surface area contributed by atoms with E-state index in [0.717, 1.165) is 109 Å². The van der Waals surface area contributed by atoms with Gasteiger partial charge in [0.2, 0.25) is 0 Å². The Bertz CT molecular complexity index is 1640. The summed E-state index contributed by atoms with van der Waals surface area (Å²) in [6.07, 6.45) is 83.9. The molecule has 6 nitrogen and oxygen atoms in total. The lowest BCUT2D eigenvalue weighted by Crippen LogP contribution is -2.30. The van der Waals surface area contributed by atoms with Crippen molar-refractivity contribution in [2.75, 3.05) is 13.2 Å². The molecule has 0 aromatic heterocycles. The Morgan fingerprint density at radius 2 is 0.592 bits per heavy atom. The Morgan fingerprint density at radius 3 is 0.986 bits per heavy atom. The lowest BCUT2D eigenvalue weighted by molar-refractivity contribution is -0.166. The molecule has 0 unspecified atom stereocenters. The van der Waals surface area contributed by atoms with Gasteiger partial charge in [0.15, 0.2) is 6.10 Å². The number of allylic oxidation sites excluding steroid dienone is 26. The molecule has 0 heterocycles. The minimum absolute atomic E-state index is 0.135. The molecule has 0 saturated heterocycles. The molecule has 0 fully saturated rings. The second-order valence-electron chi connectivity index (χ2n) is 17.7. The Hall–Kier alpha value is -4.97. The molecule has 0 bridgehead atoms. The molecule has 0 rings (SSSR count). The number of rotatable bonds is 48. The maximum atomic E-state index is 12.8. The summed E-state index contributed by atoms with van der Waals surface area (Å²) in [5, 5.41) is 0. The third kappa shape index (κ3) is 55.8. The van der Waals surface area contributed by atoms with E-state index in [1.54, 1.807) is 0 Å². The van der Waals surface area contributed by atoms with Crippen LogP contribution < -0.4 is 0 Å². The van der Waals surface area contributed by atoms with Gasteiger partial charge in [-0.05, 0) is 128 Å². The minimum Gasteiger partial charge on any atom is -0.462 e. The number of unbranched alkanes of at least 4 members (excludes halogenated alkanes) is 11. The van der Waals surface area contributed by atoms with Crippen LogP contribution in [0.5, 0.6) is 0 Å². The molecule has 0 aliphatic carbocycles. The Labute approximate surface area is 435 Å². The lowest BCUT2D eigenvalue weighted by atomic mass is 10.1. The first kappa shape index (κ1) is 66.0. The van der Waals surface area contributed by atoms with Crippen LogP contribution in [0.15, 0.2) is 158 Å². The van der Waals surface area contributed by atoms with Crippen molar-refractivity contribution in [3.63, 3.8) is 0 Å². The molecule has 0 aliphatic heterocycles. The van der Waals surface area contributed by atoms with Gasteiger partial charge in [0.05, 0.1) is 0 Å². The SMILES string of the molecule is CC/C=C/C/C=C/C/C=C/C/C=C/C/C=C/C/C=C/CCC(=O)OC[C@@H](COC(=O)CCCCCCCCC/C=C/C/C=C/CCCCC)OC(=O)CCC/C=C/C/C=C/C/C=C/C/C=C/C/C=C/CC. The summed E-state index contributed by atoms with van der Waals surface area (Å²) in [6, 6.07) is 0. The van der Waals surface area contributed by atoms with E-state index in [4.69, 9.17) is 14.2 Å². The second-order valence-corrected chi connectivity index (χ2v) is 17.7. The lowest BCUT2D eigenvalue weighted by Gasteiger charge is -2.18. The van der Waals surface area contributed by atoms with Gasteiger partial charge in [0.25, 0.3) is 0 Å². The zero-order valence-electron chi connectivity index (χ0n) is 45.2. The largest absolute Gasteiger partial charge is 0.462 e. The quantitative estimate of drug-likeness (QED) is 0.0262. The van der Waals surface area contributed by atoms with Gasteiger partial charge in [-0.15, -0.1) is 0 Å². The molecule has 0 radical (unpaired) electrons. The summed E-state index contributed by atoms with van der Waals surface area (Å²) in [6.45, 7) is 6.25. The fraction of sp³-hybridized carbons (Fsp3) is 0.554. The molecular weight excluding hydrogens is 877 g/mol. The molecule has 71 heavy (non-hydrogen) atoms. The average molecular weight is 978 g/mol. The Kier molecular flexibility index (Phi) is 53.6. The summed E-state index contributed by atoms with van der Waals surface area (Å²) in [7, 11) is 0. The summed E-state index contributed by atoms with van der Waals surface area (Å²) in [4.78, 5) is 38.1. The molecule has 0 aromatic carbocycles. The Morgan fingerprint density at radius 1 is 0.296 bits per heavy atom. The predicted molar refractivity (Wildman–Crippen MR) is 306 cm³/mol. The van der Waals surface area contributed by atoms with Gasteiger partial charge in [-0.3, -0.25) is 14.4 Å². The van der Waals surface area contributed by atoms with E-state index in [9.17, 15) is 14.4 Å². The molecule has 396 valence electrons. The molecule has 0 aliphatic rings. The van der Waals surface area contributed by atoms with E-state index in [-0.39, 0.29) is 38.0 Å². The number of ether oxygens (including phenoxy) is 3. The topological polar surface area (TPSA) is 78.9 Å². The number of carbonyl (C=O) groups excluding carboxylic acids is 3. The first-order valence-corrected chi connectivity index (χ1v) is 28.0. The van der Waals surface area contributed by atoms with Gasteiger partial charge in [0, 0.05) is 19.3 Å². The third-order valence-corrected chi connectivity index (χ3v) is 11.0. The number of hydrogen-bond acceptors (Lipinski definition) is 6. The highest BCUT2D eigenvalue weighted by Gasteiger charge is 2.19. The van der Waals surface area contributed by atoms with Gasteiger partial charge in [0.1, 0.15) is 13.2 Å². The minimum atomic E-state index is -0.850. The molecule has 0 aromatic rings. The van der Waals surface area contributed by atoms with Crippen molar-refractivity contribution in [1.29, 1.82) is 0 Å². The van der Waals surface area contributed by atoms with Crippen molar-refractivity contribution in [2.24, 2.45) is 0 Å². The monoisotopic (exact) mass is 977 g/mol. The second kappa shape index (κ2) is 57.6. The third-order valence-electron chi connectivity index (χ3n) is 11.0. The van der Waals surface area contributed by atoms with E-state index >= 15 is 0 Å². The van der Waals surface area contributed by atoms with E-state index < -0.39 is 12.1 Å². The highest BCUT2D eigenvalue weighted by molar-refractivity contribution is 5.71. The van der Waals surface area contributed by atoms with Crippen molar-refractivity contribution >= 4 is 17.9 Å². The molecule has 0 N–H and O–H groups in total. The fourth-order valence-corrected chi connectivity index (χ4v) is 6.89. The van der Waals surface area contributed by atoms with Crippen LogP contribution in [0.1, 0.15) is 213 Å². The molecule has 0 saturated carbocycles. The van der Waals surface area contributed by atoms with Gasteiger partial charge in [-0.1, -0.05) is 224 Å². The van der Waals surface area contributed by atoms with Gasteiger partial charge in [-0.2, -0.15) is 0 Å². The van der Waals surface area contributed by atoms with Crippen molar-refractivity contribution < 1.29 is 28.6 Å². The summed E-state index contributed by atoms with van der Waals surface area (Å²) < 4.78 is 16.7. The highest BCUT2D eigenvalue weighted by Crippen LogP contribution is 2.12. The van der Waals surface area contributed by atoms with Crippen LogP contribution in [0.4, 0.5) is 0 Å². The normalized spacial score (nSPS) is 13.3. The van der Waals surface area contributed by atoms with Crippen LogP contribution in [0.3, 0.4) is 0 Å². The maximum Gasteiger partial charge on any atom is 0.306 e. The van der Waals surface area contributed by atoms with Crippen molar-refractivity contribution in [1.82, 2.24) is 0 Å². The van der Waals surface area contributed by atoms with Crippen LogP contribution in [0, 0.1) is 0 Å². The predicted octanol–water partition coefficient (Wildman–Crippen LogP) is 19.0. The van der Waals surface area contributed by atoms with Crippen molar-refractivity contribution in [3.8, 4) is 0 Å². The first-order valence-electron chi connectivity index (χ1n) is 28.0. The smallest absolute Gasteiger partial charge is 0.306 e. The van der Waals surface area contributed by atoms with Gasteiger partial charge >= 0.3 is 17.9 Å².